The van der Waals surface area contributed by atoms with Crippen molar-refractivity contribution in [2.24, 2.45) is 0 Å². The van der Waals surface area contributed by atoms with Gasteiger partial charge in [-0.05, 0) is 24.3 Å². The van der Waals surface area contributed by atoms with Gasteiger partial charge in [0.25, 0.3) is 5.89 Å². The Kier molecular flexibility index (Phi) is 4.03. The van der Waals surface area contributed by atoms with E-state index in [1.54, 1.807) is 24.5 Å². The summed E-state index contributed by atoms with van der Waals surface area (Å²) in [6.07, 6.45) is 3.14. The molecule has 0 aliphatic rings. The number of hydrogen-bond acceptors (Lipinski definition) is 7. The van der Waals surface area contributed by atoms with E-state index in [9.17, 15) is 0 Å². The number of rotatable bonds is 4. The van der Waals surface area contributed by atoms with E-state index in [1.165, 1.54) is 11.8 Å². The molecule has 6 nitrogen and oxygen atoms in total. The molecule has 3 aromatic rings. The molecule has 0 bridgehead atoms. The van der Waals surface area contributed by atoms with Gasteiger partial charge in [-0.15, -0.1) is 0 Å². The van der Waals surface area contributed by atoms with Crippen LogP contribution < -0.4 is 5.73 Å². The van der Waals surface area contributed by atoms with Crippen LogP contribution in [0.4, 0.5) is 5.82 Å². The Hall–Kier alpha value is -2.12. The molecule has 0 saturated heterocycles. The maximum atomic E-state index is 5.84. The minimum absolute atomic E-state index is 0.393. The maximum absolute atomic E-state index is 5.84. The van der Waals surface area contributed by atoms with Gasteiger partial charge >= 0.3 is 0 Å². The Morgan fingerprint density at radius 2 is 1.90 bits per heavy atom. The van der Waals surface area contributed by atoms with Crippen LogP contribution in [0.1, 0.15) is 5.82 Å². The van der Waals surface area contributed by atoms with Gasteiger partial charge in [0, 0.05) is 23.0 Å². The molecule has 3 rings (SSSR count). The molecule has 0 fully saturated rings. The Labute approximate surface area is 129 Å². The van der Waals surface area contributed by atoms with E-state index in [0.29, 0.717) is 33.3 Å². The van der Waals surface area contributed by atoms with E-state index < -0.39 is 0 Å². The molecular weight excluding hydrogens is 310 g/mol. The molecule has 0 amide bonds. The fraction of sp³-hybridized carbons (Fsp3) is 0.0769. The Bertz CT molecular complexity index is 746. The van der Waals surface area contributed by atoms with Gasteiger partial charge in [0.2, 0.25) is 0 Å². The minimum Gasteiger partial charge on any atom is -0.381 e. The number of anilines is 1. The average Bonchev–Trinajstić information content (AvgIpc) is 2.96. The van der Waals surface area contributed by atoms with Crippen molar-refractivity contribution in [2.75, 3.05) is 5.73 Å². The molecule has 0 unspecified atom stereocenters. The van der Waals surface area contributed by atoms with E-state index in [1.807, 2.05) is 12.1 Å². The van der Waals surface area contributed by atoms with Crippen LogP contribution in [0.5, 0.6) is 0 Å². The number of aromatic nitrogens is 4. The van der Waals surface area contributed by atoms with Crippen molar-refractivity contribution >= 4 is 29.2 Å². The SMILES string of the molecule is Nc1nccnc1SCc1noc(-c2ccc(Cl)cc2)n1. The summed E-state index contributed by atoms with van der Waals surface area (Å²) < 4.78 is 5.22. The van der Waals surface area contributed by atoms with Crippen LogP contribution in [-0.4, -0.2) is 20.1 Å². The quantitative estimate of drug-likeness (QED) is 0.739. The molecule has 8 heteroatoms. The molecule has 2 N–H and O–H groups in total. The summed E-state index contributed by atoms with van der Waals surface area (Å²) in [4.78, 5) is 12.4. The van der Waals surface area contributed by atoms with E-state index in [0.717, 1.165) is 5.56 Å². The number of benzene rings is 1. The molecule has 2 aromatic heterocycles. The molecule has 2 heterocycles. The molecule has 21 heavy (non-hydrogen) atoms. The smallest absolute Gasteiger partial charge is 0.257 e. The highest BCUT2D eigenvalue weighted by molar-refractivity contribution is 7.98. The zero-order valence-corrected chi connectivity index (χ0v) is 12.3. The van der Waals surface area contributed by atoms with E-state index >= 15 is 0 Å². The molecule has 0 spiro atoms. The van der Waals surface area contributed by atoms with Crippen LogP contribution in [0, 0.1) is 0 Å². The summed E-state index contributed by atoms with van der Waals surface area (Å²) >= 11 is 7.25. The highest BCUT2D eigenvalue weighted by Crippen LogP contribution is 2.25. The van der Waals surface area contributed by atoms with Crippen molar-refractivity contribution in [2.45, 2.75) is 10.8 Å². The number of nitrogens with zero attached hydrogens (tertiary/aromatic N) is 4. The molecule has 0 atom stereocenters. The van der Waals surface area contributed by atoms with Crippen LogP contribution in [0.15, 0.2) is 46.2 Å². The maximum Gasteiger partial charge on any atom is 0.257 e. The Balaban J connectivity index is 1.71. The zero-order chi connectivity index (χ0) is 14.7. The highest BCUT2D eigenvalue weighted by atomic mass is 35.5. The molecule has 0 aliphatic carbocycles. The summed E-state index contributed by atoms with van der Waals surface area (Å²) in [6.45, 7) is 0. The van der Waals surface area contributed by atoms with Gasteiger partial charge in [0.05, 0.1) is 5.75 Å². The first-order valence-corrected chi connectivity index (χ1v) is 7.36. The third kappa shape index (κ3) is 3.32. The lowest BCUT2D eigenvalue weighted by atomic mass is 10.2. The van der Waals surface area contributed by atoms with Crippen LogP contribution in [0.2, 0.25) is 5.02 Å². The normalized spacial score (nSPS) is 10.7. The zero-order valence-electron chi connectivity index (χ0n) is 10.7. The second-order valence-electron chi connectivity index (χ2n) is 4.06. The fourth-order valence-corrected chi connectivity index (χ4v) is 2.45. The first kappa shape index (κ1) is 13.8. The van der Waals surface area contributed by atoms with Gasteiger partial charge in [-0.25, -0.2) is 9.97 Å². The third-order valence-corrected chi connectivity index (χ3v) is 3.83. The summed E-state index contributed by atoms with van der Waals surface area (Å²) in [5.41, 5.74) is 6.55. The molecule has 106 valence electrons. The standard InChI is InChI=1S/C13H10ClN5OS/c14-9-3-1-8(2-4-9)12-18-10(19-20-12)7-21-13-11(15)16-5-6-17-13/h1-6H,7H2,(H2,15,16). The first-order valence-electron chi connectivity index (χ1n) is 6.00. The Morgan fingerprint density at radius 3 is 2.67 bits per heavy atom. The largest absolute Gasteiger partial charge is 0.381 e. The number of nitrogen functional groups attached to an aromatic ring is 1. The number of hydrogen-bond donors (Lipinski definition) is 1. The fourth-order valence-electron chi connectivity index (χ4n) is 1.60. The minimum atomic E-state index is 0.393. The molecular formula is C13H10ClN5OS. The molecule has 0 aliphatic heterocycles. The van der Waals surface area contributed by atoms with Gasteiger partial charge < -0.3 is 10.3 Å². The predicted molar refractivity (Wildman–Crippen MR) is 80.7 cm³/mol. The predicted octanol–water partition coefficient (Wildman–Crippen LogP) is 3.05. The summed E-state index contributed by atoms with van der Waals surface area (Å²) in [7, 11) is 0. The first-order chi connectivity index (χ1) is 10.2. The summed E-state index contributed by atoms with van der Waals surface area (Å²) in [5.74, 6) is 1.91. The van der Waals surface area contributed by atoms with Crippen molar-refractivity contribution in [1.29, 1.82) is 0 Å². The van der Waals surface area contributed by atoms with E-state index in [2.05, 4.69) is 20.1 Å². The van der Waals surface area contributed by atoms with Gasteiger partial charge in [0.15, 0.2) is 11.6 Å². The molecule has 0 saturated carbocycles. The third-order valence-electron chi connectivity index (χ3n) is 2.59. The lowest BCUT2D eigenvalue weighted by Crippen LogP contribution is -1.95. The van der Waals surface area contributed by atoms with E-state index in [4.69, 9.17) is 21.9 Å². The van der Waals surface area contributed by atoms with Gasteiger partial charge in [-0.3, -0.25) is 0 Å². The monoisotopic (exact) mass is 319 g/mol. The highest BCUT2D eigenvalue weighted by Gasteiger charge is 2.10. The molecule has 0 radical (unpaired) electrons. The Morgan fingerprint density at radius 1 is 1.14 bits per heavy atom. The second-order valence-corrected chi connectivity index (χ2v) is 5.46. The lowest BCUT2D eigenvalue weighted by Gasteiger charge is -1.99. The lowest BCUT2D eigenvalue weighted by molar-refractivity contribution is 0.425. The van der Waals surface area contributed by atoms with Crippen molar-refractivity contribution in [1.82, 2.24) is 20.1 Å². The molecule has 1 aromatic carbocycles. The number of halogens is 1. The van der Waals surface area contributed by atoms with E-state index in [-0.39, 0.29) is 0 Å². The van der Waals surface area contributed by atoms with Crippen molar-refractivity contribution in [3.05, 3.63) is 47.5 Å². The van der Waals surface area contributed by atoms with Crippen LogP contribution in [0.25, 0.3) is 11.5 Å². The summed E-state index contributed by atoms with van der Waals surface area (Å²) in [5, 5.41) is 5.24. The van der Waals surface area contributed by atoms with Gasteiger partial charge in [0.1, 0.15) is 5.03 Å². The average molecular weight is 320 g/mol. The van der Waals surface area contributed by atoms with Crippen molar-refractivity contribution in [3.8, 4) is 11.5 Å². The van der Waals surface area contributed by atoms with Crippen LogP contribution in [-0.2, 0) is 5.75 Å². The van der Waals surface area contributed by atoms with Crippen molar-refractivity contribution < 1.29 is 4.52 Å². The second kappa shape index (κ2) is 6.11. The topological polar surface area (TPSA) is 90.7 Å². The van der Waals surface area contributed by atoms with Crippen LogP contribution >= 0.6 is 23.4 Å². The van der Waals surface area contributed by atoms with Crippen molar-refractivity contribution in [3.63, 3.8) is 0 Å². The number of nitrogens with two attached hydrogens (primary N) is 1. The number of thioether (sulfide) groups is 1. The van der Waals surface area contributed by atoms with Gasteiger partial charge in [-0.2, -0.15) is 4.98 Å². The van der Waals surface area contributed by atoms with Crippen LogP contribution in [0.3, 0.4) is 0 Å². The van der Waals surface area contributed by atoms with Gasteiger partial charge in [-0.1, -0.05) is 28.5 Å². The summed E-state index contributed by atoms with van der Waals surface area (Å²) in [6, 6.07) is 7.20.